The maximum atomic E-state index is 4.54. The molecule has 0 aliphatic carbocycles. The van der Waals surface area contributed by atoms with Crippen molar-refractivity contribution < 1.29 is 0 Å². The molecule has 1 aromatic rings. The molecule has 4 heteroatoms. The second kappa shape index (κ2) is 4.14. The summed E-state index contributed by atoms with van der Waals surface area (Å²) >= 11 is 0. The van der Waals surface area contributed by atoms with E-state index in [9.17, 15) is 0 Å². The lowest BCUT2D eigenvalue weighted by Crippen LogP contribution is -2.27. The monoisotopic (exact) mass is 206 g/mol. The van der Waals surface area contributed by atoms with Crippen LogP contribution in [0, 0.1) is 0 Å². The van der Waals surface area contributed by atoms with Crippen molar-refractivity contribution >= 4 is 5.95 Å². The van der Waals surface area contributed by atoms with Crippen LogP contribution in [0.4, 0.5) is 5.95 Å². The molecule has 2 rings (SSSR count). The van der Waals surface area contributed by atoms with Gasteiger partial charge in [-0.2, -0.15) is 0 Å². The van der Waals surface area contributed by atoms with E-state index in [0.717, 1.165) is 25.5 Å². The molecule has 0 saturated carbocycles. The van der Waals surface area contributed by atoms with Crippen molar-refractivity contribution in [3.05, 3.63) is 17.0 Å². The predicted octanol–water partition coefficient (Wildman–Crippen LogP) is 1.29. The molecule has 0 amide bonds. The zero-order chi connectivity index (χ0) is 10.8. The van der Waals surface area contributed by atoms with Gasteiger partial charge in [0.25, 0.3) is 0 Å². The van der Waals surface area contributed by atoms with Gasteiger partial charge < -0.3 is 10.6 Å². The van der Waals surface area contributed by atoms with Gasteiger partial charge in [-0.15, -0.1) is 0 Å². The number of fused-ring (bicyclic) bond motifs is 1. The van der Waals surface area contributed by atoms with Crippen molar-refractivity contribution in [2.75, 3.05) is 18.9 Å². The lowest BCUT2D eigenvalue weighted by atomic mass is 9.99. The van der Waals surface area contributed by atoms with E-state index in [1.165, 1.54) is 17.0 Å². The average Bonchev–Trinajstić information content (AvgIpc) is 2.27. The summed E-state index contributed by atoms with van der Waals surface area (Å²) in [6.07, 6.45) is 1.01. The van der Waals surface area contributed by atoms with Gasteiger partial charge in [0.2, 0.25) is 5.95 Å². The molecule has 4 nitrogen and oxygen atoms in total. The summed E-state index contributed by atoms with van der Waals surface area (Å²) in [5.41, 5.74) is 3.68. The summed E-state index contributed by atoms with van der Waals surface area (Å²) in [7, 11) is 1.87. The Bertz CT molecular complexity index is 360. The summed E-state index contributed by atoms with van der Waals surface area (Å²) in [5.74, 6) is 1.20. The fourth-order valence-electron chi connectivity index (χ4n) is 1.96. The molecule has 82 valence electrons. The molecule has 0 aromatic carbocycles. The SMILES string of the molecule is CNc1nc2c(c(C(C)C)n1)CNCC2. The maximum Gasteiger partial charge on any atom is 0.222 e. The second-order valence-electron chi connectivity index (χ2n) is 4.19. The number of anilines is 1. The van der Waals surface area contributed by atoms with E-state index in [1.54, 1.807) is 0 Å². The van der Waals surface area contributed by atoms with Crippen LogP contribution < -0.4 is 10.6 Å². The van der Waals surface area contributed by atoms with E-state index in [0.29, 0.717) is 5.92 Å². The highest BCUT2D eigenvalue weighted by Gasteiger charge is 2.18. The van der Waals surface area contributed by atoms with E-state index >= 15 is 0 Å². The first-order valence-corrected chi connectivity index (χ1v) is 5.50. The zero-order valence-electron chi connectivity index (χ0n) is 9.59. The number of nitrogens with one attached hydrogen (secondary N) is 2. The van der Waals surface area contributed by atoms with Crippen LogP contribution in [0.3, 0.4) is 0 Å². The largest absolute Gasteiger partial charge is 0.357 e. The van der Waals surface area contributed by atoms with Gasteiger partial charge in [0.1, 0.15) is 0 Å². The molecule has 0 radical (unpaired) electrons. The molecule has 0 saturated heterocycles. The van der Waals surface area contributed by atoms with Crippen LogP contribution >= 0.6 is 0 Å². The number of hydrogen-bond donors (Lipinski definition) is 2. The van der Waals surface area contributed by atoms with Crippen molar-refractivity contribution in [2.24, 2.45) is 0 Å². The van der Waals surface area contributed by atoms with Crippen molar-refractivity contribution in [3.8, 4) is 0 Å². The minimum absolute atomic E-state index is 0.453. The molecule has 15 heavy (non-hydrogen) atoms. The van der Waals surface area contributed by atoms with E-state index in [4.69, 9.17) is 0 Å². The molecule has 0 unspecified atom stereocenters. The van der Waals surface area contributed by atoms with Gasteiger partial charge >= 0.3 is 0 Å². The Morgan fingerprint density at radius 2 is 2.13 bits per heavy atom. The van der Waals surface area contributed by atoms with Crippen LogP contribution in [0.15, 0.2) is 0 Å². The average molecular weight is 206 g/mol. The Kier molecular flexibility index (Phi) is 2.86. The maximum absolute atomic E-state index is 4.54. The van der Waals surface area contributed by atoms with Gasteiger partial charge in [-0.3, -0.25) is 0 Å². The van der Waals surface area contributed by atoms with Crippen molar-refractivity contribution in [1.29, 1.82) is 0 Å². The van der Waals surface area contributed by atoms with Crippen LogP contribution in [0.5, 0.6) is 0 Å². The molecule has 1 aliphatic heterocycles. The molecule has 1 aliphatic rings. The molecule has 2 N–H and O–H groups in total. The fourth-order valence-corrected chi connectivity index (χ4v) is 1.96. The first-order chi connectivity index (χ1) is 7.22. The first kappa shape index (κ1) is 10.4. The minimum atomic E-state index is 0.453. The molecule has 0 spiro atoms. The van der Waals surface area contributed by atoms with Crippen LogP contribution in [0.2, 0.25) is 0 Å². The van der Waals surface area contributed by atoms with Crippen molar-refractivity contribution in [2.45, 2.75) is 32.7 Å². The van der Waals surface area contributed by atoms with Gasteiger partial charge in [-0.1, -0.05) is 13.8 Å². The summed E-state index contributed by atoms with van der Waals surface area (Å²) in [5, 5.41) is 6.40. The third-order valence-electron chi connectivity index (χ3n) is 2.74. The minimum Gasteiger partial charge on any atom is -0.357 e. The molecular formula is C11H18N4. The second-order valence-corrected chi connectivity index (χ2v) is 4.19. The van der Waals surface area contributed by atoms with Gasteiger partial charge in [-0.05, 0) is 5.92 Å². The predicted molar refractivity (Wildman–Crippen MR) is 61.1 cm³/mol. The summed E-state index contributed by atoms with van der Waals surface area (Å²) < 4.78 is 0. The Hall–Kier alpha value is -1.16. The van der Waals surface area contributed by atoms with E-state index in [-0.39, 0.29) is 0 Å². The van der Waals surface area contributed by atoms with Gasteiger partial charge in [0.15, 0.2) is 0 Å². The number of rotatable bonds is 2. The highest BCUT2D eigenvalue weighted by atomic mass is 15.1. The number of aromatic nitrogens is 2. The molecule has 0 atom stereocenters. The first-order valence-electron chi connectivity index (χ1n) is 5.50. The standard InChI is InChI=1S/C11H18N4/c1-7(2)10-8-6-13-5-4-9(8)14-11(12-3)15-10/h7,13H,4-6H2,1-3H3,(H,12,14,15). The van der Waals surface area contributed by atoms with Crippen molar-refractivity contribution in [1.82, 2.24) is 15.3 Å². The molecule has 2 heterocycles. The van der Waals surface area contributed by atoms with Gasteiger partial charge in [0.05, 0.1) is 11.4 Å². The smallest absolute Gasteiger partial charge is 0.222 e. The van der Waals surface area contributed by atoms with E-state index in [2.05, 4.69) is 34.4 Å². The summed E-state index contributed by atoms with van der Waals surface area (Å²) in [6, 6.07) is 0. The normalized spacial score (nSPS) is 15.2. The third kappa shape index (κ3) is 1.95. The summed E-state index contributed by atoms with van der Waals surface area (Å²) in [4.78, 5) is 9.05. The number of nitrogens with zero attached hydrogens (tertiary/aromatic N) is 2. The topological polar surface area (TPSA) is 49.8 Å². The lowest BCUT2D eigenvalue weighted by Gasteiger charge is -2.21. The Morgan fingerprint density at radius 1 is 1.33 bits per heavy atom. The molecule has 0 bridgehead atoms. The molecule has 0 fully saturated rings. The highest BCUT2D eigenvalue weighted by Crippen LogP contribution is 2.23. The molecular weight excluding hydrogens is 188 g/mol. The third-order valence-corrected chi connectivity index (χ3v) is 2.74. The van der Waals surface area contributed by atoms with Crippen LogP contribution in [-0.4, -0.2) is 23.6 Å². The zero-order valence-corrected chi connectivity index (χ0v) is 9.59. The van der Waals surface area contributed by atoms with Gasteiger partial charge in [0, 0.05) is 32.1 Å². The fraction of sp³-hybridized carbons (Fsp3) is 0.636. The van der Waals surface area contributed by atoms with Crippen LogP contribution in [-0.2, 0) is 13.0 Å². The quantitative estimate of drug-likeness (QED) is 0.765. The van der Waals surface area contributed by atoms with E-state index in [1.807, 2.05) is 7.05 Å². The van der Waals surface area contributed by atoms with Gasteiger partial charge in [-0.25, -0.2) is 9.97 Å². The van der Waals surface area contributed by atoms with Crippen LogP contribution in [0.1, 0.15) is 36.7 Å². The highest BCUT2D eigenvalue weighted by molar-refractivity contribution is 5.37. The molecule has 1 aromatic heterocycles. The Morgan fingerprint density at radius 3 is 2.80 bits per heavy atom. The lowest BCUT2D eigenvalue weighted by molar-refractivity contribution is 0.609. The Balaban J connectivity index is 2.50. The van der Waals surface area contributed by atoms with Crippen molar-refractivity contribution in [3.63, 3.8) is 0 Å². The van der Waals surface area contributed by atoms with Crippen LogP contribution in [0.25, 0.3) is 0 Å². The number of hydrogen-bond acceptors (Lipinski definition) is 4. The summed E-state index contributed by atoms with van der Waals surface area (Å²) in [6.45, 7) is 6.28. The van der Waals surface area contributed by atoms with E-state index < -0.39 is 0 Å². The Labute approximate surface area is 90.5 Å².